The summed E-state index contributed by atoms with van der Waals surface area (Å²) in [4.78, 5) is 13.8. The van der Waals surface area contributed by atoms with E-state index in [1.54, 1.807) is 11.3 Å². The van der Waals surface area contributed by atoms with Gasteiger partial charge in [0.25, 0.3) is 10.1 Å². The van der Waals surface area contributed by atoms with E-state index in [4.69, 9.17) is 8.92 Å². The largest absolute Gasteiger partial charge is 0.466 e. The van der Waals surface area contributed by atoms with Crippen molar-refractivity contribution in [2.24, 2.45) is 0 Å². The van der Waals surface area contributed by atoms with Crippen LogP contribution < -0.4 is 0 Å². The van der Waals surface area contributed by atoms with Gasteiger partial charge in [0, 0.05) is 21.7 Å². The molecule has 0 saturated carbocycles. The van der Waals surface area contributed by atoms with Gasteiger partial charge in [-0.3, -0.25) is 4.18 Å². The van der Waals surface area contributed by atoms with Gasteiger partial charge in [0.1, 0.15) is 0 Å². The summed E-state index contributed by atoms with van der Waals surface area (Å²) in [6, 6.07) is 1.98. The smallest absolute Gasteiger partial charge is 0.333 e. The lowest BCUT2D eigenvalue weighted by atomic mass is 9.99. The minimum atomic E-state index is -3.39. The fraction of sp³-hybridized carbons (Fsp3) is 0.462. The highest BCUT2D eigenvalue weighted by atomic mass is 32.2. The van der Waals surface area contributed by atoms with E-state index < -0.39 is 10.1 Å². The molecule has 1 aliphatic carbocycles. The van der Waals surface area contributed by atoms with Crippen LogP contribution in [0.4, 0.5) is 0 Å². The van der Waals surface area contributed by atoms with Crippen LogP contribution in [0.3, 0.4) is 0 Å². The third kappa shape index (κ3) is 3.91. The second-order valence-corrected chi connectivity index (χ2v) is 7.39. The van der Waals surface area contributed by atoms with Crippen molar-refractivity contribution in [1.82, 2.24) is 0 Å². The number of carbonyl (C=O) groups is 1. The van der Waals surface area contributed by atoms with Gasteiger partial charge in [0.15, 0.2) is 0 Å². The van der Waals surface area contributed by atoms with Crippen molar-refractivity contribution in [3.8, 4) is 0 Å². The van der Waals surface area contributed by atoms with Gasteiger partial charge in [-0.2, -0.15) is 8.42 Å². The van der Waals surface area contributed by atoms with E-state index in [0.717, 1.165) is 23.1 Å². The van der Waals surface area contributed by atoms with E-state index in [0.29, 0.717) is 18.4 Å². The standard InChI is InChI=1S/C13H16O5S2/c1-17-13(14)9-3-4-12-10(7-9)8-11(19-12)5-6-18-20(2,15)16/h7-8H,3-6H2,1-2H3. The molecule has 0 atom stereocenters. The molecule has 0 spiro atoms. The van der Waals surface area contributed by atoms with E-state index in [1.165, 1.54) is 12.0 Å². The molecule has 0 fully saturated rings. The Morgan fingerprint density at radius 2 is 2.15 bits per heavy atom. The highest BCUT2D eigenvalue weighted by molar-refractivity contribution is 7.85. The number of fused-ring (bicyclic) bond motifs is 1. The average Bonchev–Trinajstić information content (AvgIpc) is 2.77. The molecular weight excluding hydrogens is 300 g/mol. The second-order valence-electron chi connectivity index (χ2n) is 4.53. The van der Waals surface area contributed by atoms with E-state index in [2.05, 4.69) is 0 Å². The Labute approximate surface area is 122 Å². The van der Waals surface area contributed by atoms with Crippen LogP contribution in [0.15, 0.2) is 11.6 Å². The van der Waals surface area contributed by atoms with Crippen molar-refractivity contribution in [3.63, 3.8) is 0 Å². The fourth-order valence-electron chi connectivity index (χ4n) is 2.04. The Morgan fingerprint density at radius 1 is 1.40 bits per heavy atom. The van der Waals surface area contributed by atoms with Crippen LogP contribution in [0.5, 0.6) is 0 Å². The number of methoxy groups -OCH3 is 1. The molecule has 1 aromatic rings. The molecule has 20 heavy (non-hydrogen) atoms. The molecule has 7 heteroatoms. The normalized spacial score (nSPS) is 14.6. The third-order valence-corrected chi connectivity index (χ3v) is 4.80. The van der Waals surface area contributed by atoms with Gasteiger partial charge in [-0.15, -0.1) is 11.3 Å². The molecule has 0 bridgehead atoms. The maximum absolute atomic E-state index is 11.5. The molecule has 0 aromatic carbocycles. The van der Waals surface area contributed by atoms with Gasteiger partial charge < -0.3 is 4.74 Å². The molecule has 0 radical (unpaired) electrons. The third-order valence-electron chi connectivity index (χ3n) is 2.94. The summed E-state index contributed by atoms with van der Waals surface area (Å²) in [5.41, 5.74) is 1.70. The first-order valence-corrected chi connectivity index (χ1v) is 8.77. The Kier molecular flexibility index (Phi) is 4.62. The summed E-state index contributed by atoms with van der Waals surface area (Å²) in [6.45, 7) is 0.145. The van der Waals surface area contributed by atoms with Crippen LogP contribution in [-0.2, 0) is 36.7 Å². The summed E-state index contributed by atoms with van der Waals surface area (Å²) in [5, 5.41) is 0. The van der Waals surface area contributed by atoms with E-state index >= 15 is 0 Å². The predicted molar refractivity (Wildman–Crippen MR) is 77.1 cm³/mol. The highest BCUT2D eigenvalue weighted by Gasteiger charge is 2.19. The van der Waals surface area contributed by atoms with Crippen LogP contribution >= 0.6 is 11.3 Å². The Morgan fingerprint density at radius 3 is 2.80 bits per heavy atom. The zero-order valence-electron chi connectivity index (χ0n) is 11.3. The van der Waals surface area contributed by atoms with Gasteiger partial charge in [-0.05, 0) is 30.5 Å². The number of carbonyl (C=O) groups excluding carboxylic acids is 1. The van der Waals surface area contributed by atoms with Crippen molar-refractivity contribution in [2.45, 2.75) is 19.3 Å². The van der Waals surface area contributed by atoms with Crippen LogP contribution in [0.25, 0.3) is 6.08 Å². The number of rotatable bonds is 5. The number of thiophene rings is 1. The molecular formula is C13H16O5S2. The van der Waals surface area contributed by atoms with Gasteiger partial charge in [0.2, 0.25) is 0 Å². The van der Waals surface area contributed by atoms with Crippen LogP contribution in [0, 0.1) is 0 Å². The molecule has 110 valence electrons. The summed E-state index contributed by atoms with van der Waals surface area (Å²) < 4.78 is 31.2. The summed E-state index contributed by atoms with van der Waals surface area (Å²) in [5.74, 6) is -0.288. The van der Waals surface area contributed by atoms with E-state index in [9.17, 15) is 13.2 Å². The van der Waals surface area contributed by atoms with Crippen LogP contribution in [-0.4, -0.2) is 34.4 Å². The van der Waals surface area contributed by atoms with E-state index in [1.807, 2.05) is 12.1 Å². The maximum Gasteiger partial charge on any atom is 0.333 e. The molecule has 0 N–H and O–H groups in total. The lowest BCUT2D eigenvalue weighted by Crippen LogP contribution is -2.08. The van der Waals surface area contributed by atoms with Crippen molar-refractivity contribution in [2.75, 3.05) is 20.0 Å². The van der Waals surface area contributed by atoms with Gasteiger partial charge in [-0.25, -0.2) is 4.79 Å². The maximum atomic E-state index is 11.5. The molecule has 1 heterocycles. The number of esters is 1. The fourth-order valence-corrected chi connectivity index (χ4v) is 3.55. The first kappa shape index (κ1) is 15.2. The van der Waals surface area contributed by atoms with Crippen LogP contribution in [0.1, 0.15) is 21.7 Å². The molecule has 0 amide bonds. The average molecular weight is 316 g/mol. The first-order chi connectivity index (χ1) is 9.39. The topological polar surface area (TPSA) is 69.7 Å². The molecule has 2 rings (SSSR count). The molecule has 1 aromatic heterocycles. The molecule has 0 unspecified atom stereocenters. The first-order valence-electron chi connectivity index (χ1n) is 6.14. The zero-order valence-corrected chi connectivity index (χ0v) is 13.0. The van der Waals surface area contributed by atoms with Gasteiger partial charge in [-0.1, -0.05) is 0 Å². The molecule has 0 aliphatic heterocycles. The Balaban J connectivity index is 2.05. The highest BCUT2D eigenvalue weighted by Crippen LogP contribution is 2.32. The Bertz CT molecular complexity index is 640. The number of hydrogen-bond donors (Lipinski definition) is 0. The summed E-state index contributed by atoms with van der Waals surface area (Å²) in [6.07, 6.45) is 4.93. The van der Waals surface area contributed by atoms with E-state index in [-0.39, 0.29) is 12.6 Å². The number of hydrogen-bond acceptors (Lipinski definition) is 6. The molecule has 5 nitrogen and oxygen atoms in total. The van der Waals surface area contributed by atoms with Crippen molar-refractivity contribution >= 4 is 33.5 Å². The van der Waals surface area contributed by atoms with Crippen molar-refractivity contribution in [3.05, 3.63) is 27.0 Å². The number of aryl methyl sites for hydroxylation is 1. The van der Waals surface area contributed by atoms with Gasteiger partial charge >= 0.3 is 5.97 Å². The predicted octanol–water partition coefficient (Wildman–Crippen LogP) is 1.77. The van der Waals surface area contributed by atoms with Crippen molar-refractivity contribution in [1.29, 1.82) is 0 Å². The summed E-state index contributed by atoms with van der Waals surface area (Å²) in [7, 11) is -2.01. The molecule has 0 saturated heterocycles. The quantitative estimate of drug-likeness (QED) is 0.611. The molecule has 1 aliphatic rings. The lowest BCUT2D eigenvalue weighted by molar-refractivity contribution is -0.136. The Hall–Kier alpha value is -1.18. The van der Waals surface area contributed by atoms with Crippen molar-refractivity contribution < 1.29 is 22.1 Å². The monoisotopic (exact) mass is 316 g/mol. The van der Waals surface area contributed by atoms with Gasteiger partial charge in [0.05, 0.1) is 20.0 Å². The zero-order chi connectivity index (χ0) is 14.8. The second kappa shape index (κ2) is 6.07. The minimum absolute atomic E-state index is 0.145. The number of ether oxygens (including phenoxy) is 1. The minimum Gasteiger partial charge on any atom is -0.466 e. The van der Waals surface area contributed by atoms with Crippen LogP contribution in [0.2, 0.25) is 0 Å². The summed E-state index contributed by atoms with van der Waals surface area (Å²) >= 11 is 1.64. The SMILES string of the molecule is COC(=O)C1=Cc2cc(CCOS(C)(=O)=O)sc2CC1. The lowest BCUT2D eigenvalue weighted by Gasteiger charge is -2.10.